The van der Waals surface area contributed by atoms with Gasteiger partial charge >= 0.3 is 0 Å². The molecule has 1 rings (SSSR count). The summed E-state index contributed by atoms with van der Waals surface area (Å²) in [6.07, 6.45) is 9.27. The first-order valence-electron chi connectivity index (χ1n) is 10.5. The highest BCUT2D eigenvalue weighted by atomic mass is 16.7. The van der Waals surface area contributed by atoms with Gasteiger partial charge in [-0.3, -0.25) is 0 Å². The van der Waals surface area contributed by atoms with Gasteiger partial charge in [-0.15, -0.1) is 0 Å². The molecule has 5 atom stereocenters. The number of ether oxygens (including phenoxy) is 2. The summed E-state index contributed by atoms with van der Waals surface area (Å²) < 4.78 is 10.6. The molecule has 1 saturated heterocycles. The van der Waals surface area contributed by atoms with Gasteiger partial charge in [-0.2, -0.15) is 0 Å². The third kappa shape index (κ3) is 9.11. The Morgan fingerprint density at radius 3 is 1.73 bits per heavy atom. The van der Waals surface area contributed by atoms with Gasteiger partial charge in [0.15, 0.2) is 6.29 Å². The molecule has 0 aromatic rings. The smallest absolute Gasteiger partial charge is 0.184 e. The highest BCUT2D eigenvalue weighted by Crippen LogP contribution is 2.22. The van der Waals surface area contributed by atoms with Crippen molar-refractivity contribution in [3.05, 3.63) is 0 Å². The van der Waals surface area contributed by atoms with Crippen LogP contribution in [0.3, 0.4) is 0 Å². The lowest BCUT2D eigenvalue weighted by atomic mass is 9.99. The van der Waals surface area contributed by atoms with E-state index in [0.29, 0.717) is 6.61 Å². The van der Waals surface area contributed by atoms with E-state index >= 15 is 0 Å². The van der Waals surface area contributed by atoms with Crippen LogP contribution in [0.15, 0.2) is 0 Å². The molecule has 156 valence electrons. The molecule has 0 aromatic carbocycles. The van der Waals surface area contributed by atoms with E-state index in [4.69, 9.17) is 14.6 Å². The maximum Gasteiger partial charge on any atom is 0.184 e. The molecule has 0 aromatic heterocycles. The molecular weight excluding hydrogens is 336 g/mol. The van der Waals surface area contributed by atoms with Crippen LogP contribution in [0.4, 0.5) is 0 Å². The normalized spacial score (nSPS) is 29.2. The van der Waals surface area contributed by atoms with Crippen LogP contribution in [0.1, 0.15) is 84.0 Å². The molecule has 4 N–H and O–H groups in total. The second kappa shape index (κ2) is 14.8. The second-order valence-electron chi connectivity index (χ2n) is 7.45. The van der Waals surface area contributed by atoms with Crippen LogP contribution in [-0.2, 0) is 9.47 Å². The van der Waals surface area contributed by atoms with Gasteiger partial charge < -0.3 is 29.9 Å². The second-order valence-corrected chi connectivity index (χ2v) is 7.45. The van der Waals surface area contributed by atoms with Crippen LogP contribution in [0.2, 0.25) is 0 Å². The fourth-order valence-electron chi connectivity index (χ4n) is 3.41. The van der Waals surface area contributed by atoms with Crippen LogP contribution in [0, 0.1) is 0 Å². The van der Waals surface area contributed by atoms with E-state index in [0.717, 1.165) is 12.8 Å². The minimum absolute atomic E-state index is 0.413. The van der Waals surface area contributed by atoms with Crippen molar-refractivity contribution in [2.45, 2.75) is 115 Å². The zero-order chi connectivity index (χ0) is 19.2. The first kappa shape index (κ1) is 23.8. The Balaban J connectivity index is 1.96. The third-order valence-corrected chi connectivity index (χ3v) is 5.15. The number of rotatable bonds is 15. The number of hydrogen-bond acceptors (Lipinski definition) is 6. The van der Waals surface area contributed by atoms with E-state index in [1.165, 1.54) is 64.2 Å². The van der Waals surface area contributed by atoms with Gasteiger partial charge in [-0.1, -0.05) is 77.6 Å². The first-order chi connectivity index (χ1) is 12.6. The van der Waals surface area contributed by atoms with Gasteiger partial charge in [-0.25, -0.2) is 0 Å². The predicted molar refractivity (Wildman–Crippen MR) is 101 cm³/mol. The molecule has 1 heterocycles. The van der Waals surface area contributed by atoms with Gasteiger partial charge in [0.25, 0.3) is 0 Å². The van der Waals surface area contributed by atoms with Crippen molar-refractivity contribution in [1.29, 1.82) is 0 Å². The van der Waals surface area contributed by atoms with E-state index in [9.17, 15) is 15.3 Å². The molecule has 0 bridgehead atoms. The van der Waals surface area contributed by atoms with Crippen LogP contribution >= 0.6 is 0 Å². The maximum atomic E-state index is 9.97. The molecule has 0 aliphatic carbocycles. The lowest BCUT2D eigenvalue weighted by Crippen LogP contribution is -2.59. The summed E-state index contributed by atoms with van der Waals surface area (Å²) in [5, 5.41) is 38.6. The molecule has 0 unspecified atom stereocenters. The quantitative estimate of drug-likeness (QED) is 0.328. The van der Waals surface area contributed by atoms with Gasteiger partial charge in [0, 0.05) is 6.61 Å². The van der Waals surface area contributed by atoms with Crippen molar-refractivity contribution in [2.24, 2.45) is 0 Å². The molecule has 0 amide bonds. The predicted octanol–water partition coefficient (Wildman–Crippen LogP) is 2.50. The molecule has 6 nitrogen and oxygen atoms in total. The zero-order valence-electron chi connectivity index (χ0n) is 16.4. The Labute approximate surface area is 158 Å². The van der Waals surface area contributed by atoms with Gasteiger partial charge in [0.1, 0.15) is 24.4 Å². The summed E-state index contributed by atoms with van der Waals surface area (Å²) in [5.74, 6) is 0. The van der Waals surface area contributed by atoms with Crippen molar-refractivity contribution in [1.82, 2.24) is 0 Å². The molecule has 26 heavy (non-hydrogen) atoms. The van der Waals surface area contributed by atoms with Gasteiger partial charge in [0.05, 0.1) is 6.61 Å². The van der Waals surface area contributed by atoms with Gasteiger partial charge in [-0.05, 0) is 6.42 Å². The number of unbranched alkanes of at least 4 members (excludes halogenated alkanes) is 11. The maximum absolute atomic E-state index is 9.97. The average Bonchev–Trinajstić information content (AvgIpc) is 2.64. The Kier molecular flexibility index (Phi) is 13.5. The molecule has 0 spiro atoms. The molecule has 1 aliphatic rings. The summed E-state index contributed by atoms with van der Waals surface area (Å²) in [6.45, 7) is 2.20. The standard InChI is InChI=1S/C20H40O6/c1-2-3-4-5-6-7-8-9-10-11-12-13-14-25-19-18(23)17(22)16(15-21)26-20(19)24/h16-24H,2-15H2,1H3/t16-,17-,18+,19-,20-/m1/s1. The molecule has 1 fully saturated rings. The van der Waals surface area contributed by atoms with Crippen molar-refractivity contribution in [3.63, 3.8) is 0 Å². The fraction of sp³-hybridized carbons (Fsp3) is 1.00. The van der Waals surface area contributed by atoms with E-state index < -0.39 is 37.3 Å². The Hall–Kier alpha value is -0.240. The van der Waals surface area contributed by atoms with E-state index in [2.05, 4.69) is 6.92 Å². The highest BCUT2D eigenvalue weighted by molar-refractivity contribution is 4.89. The first-order valence-corrected chi connectivity index (χ1v) is 10.5. The SMILES string of the molecule is CCCCCCCCCCCCCCO[C@@H]1[C@@H](O)[C@H](O)[C@@H](CO)O[C@H]1O. The lowest BCUT2D eigenvalue weighted by molar-refractivity contribution is -0.296. The van der Waals surface area contributed by atoms with Crippen LogP contribution in [0.25, 0.3) is 0 Å². The molecule has 0 radical (unpaired) electrons. The van der Waals surface area contributed by atoms with Crippen LogP contribution in [-0.4, -0.2) is 64.3 Å². The minimum Gasteiger partial charge on any atom is -0.394 e. The summed E-state index contributed by atoms with van der Waals surface area (Å²) >= 11 is 0. The number of aliphatic hydroxyl groups excluding tert-OH is 4. The molecular formula is C20H40O6. The number of hydrogen-bond donors (Lipinski definition) is 4. The van der Waals surface area contributed by atoms with E-state index in [-0.39, 0.29) is 0 Å². The summed E-state index contributed by atoms with van der Waals surface area (Å²) in [5.41, 5.74) is 0. The zero-order valence-corrected chi connectivity index (χ0v) is 16.4. The average molecular weight is 377 g/mol. The van der Waals surface area contributed by atoms with Crippen molar-refractivity contribution < 1.29 is 29.9 Å². The fourth-order valence-corrected chi connectivity index (χ4v) is 3.41. The largest absolute Gasteiger partial charge is 0.394 e. The number of aliphatic hydroxyl groups is 4. The van der Waals surface area contributed by atoms with E-state index in [1.54, 1.807) is 0 Å². The third-order valence-electron chi connectivity index (χ3n) is 5.15. The summed E-state index contributed by atoms with van der Waals surface area (Å²) in [4.78, 5) is 0. The van der Waals surface area contributed by atoms with Crippen molar-refractivity contribution >= 4 is 0 Å². The summed E-state index contributed by atoms with van der Waals surface area (Å²) in [6, 6.07) is 0. The Morgan fingerprint density at radius 2 is 1.23 bits per heavy atom. The van der Waals surface area contributed by atoms with E-state index in [1.807, 2.05) is 0 Å². The van der Waals surface area contributed by atoms with Crippen molar-refractivity contribution in [3.8, 4) is 0 Å². The Morgan fingerprint density at radius 1 is 0.731 bits per heavy atom. The van der Waals surface area contributed by atoms with Crippen molar-refractivity contribution in [2.75, 3.05) is 13.2 Å². The highest BCUT2D eigenvalue weighted by Gasteiger charge is 2.44. The topological polar surface area (TPSA) is 99.4 Å². The van der Waals surface area contributed by atoms with Crippen LogP contribution in [0.5, 0.6) is 0 Å². The van der Waals surface area contributed by atoms with Gasteiger partial charge in [0.2, 0.25) is 0 Å². The molecule has 0 saturated carbocycles. The molecule has 1 aliphatic heterocycles. The lowest BCUT2D eigenvalue weighted by Gasteiger charge is -2.39. The minimum atomic E-state index is -1.33. The Bertz CT molecular complexity index is 327. The van der Waals surface area contributed by atoms with Crippen LogP contribution < -0.4 is 0 Å². The summed E-state index contributed by atoms with van der Waals surface area (Å²) in [7, 11) is 0. The monoisotopic (exact) mass is 376 g/mol. The molecule has 6 heteroatoms.